The van der Waals surface area contributed by atoms with E-state index in [1.807, 2.05) is 13.0 Å². The van der Waals surface area contributed by atoms with Crippen molar-refractivity contribution in [2.45, 2.75) is 39.5 Å². The van der Waals surface area contributed by atoms with Crippen LogP contribution in [0.1, 0.15) is 31.4 Å². The van der Waals surface area contributed by atoms with Gasteiger partial charge in [-0.15, -0.1) is 0 Å². The first-order valence-corrected chi connectivity index (χ1v) is 12.0. The molecule has 0 aliphatic heterocycles. The van der Waals surface area contributed by atoms with Crippen LogP contribution in [-0.2, 0) is 46.7 Å². The number of rotatable bonds is 14. The highest BCUT2D eigenvalue weighted by molar-refractivity contribution is 6.62. The first kappa shape index (κ1) is 29.7. The molecule has 0 bridgehead atoms. The third-order valence-electron chi connectivity index (χ3n) is 5.50. The van der Waals surface area contributed by atoms with E-state index in [2.05, 4.69) is 16.0 Å². The number of esters is 1. The standard InChI is InChI=1S/C27H31N3O8/c1-3-18(2)23(30-27(36)38-17-20-12-8-5-9-13-20)25(34)29-15-22(32)28-14-21(31)24(33)26(35)37-16-19-10-6-4-7-11-19/h4-13,18,23H,3,14-17H2,1-2H3,(H,28,32)(H,29,34)(H,30,36)/t18-,23-/m0/s1. The van der Waals surface area contributed by atoms with Gasteiger partial charge < -0.3 is 25.4 Å². The topological polar surface area (TPSA) is 157 Å². The Labute approximate surface area is 220 Å². The quantitative estimate of drug-likeness (QED) is 0.190. The molecule has 3 N–H and O–H groups in total. The van der Waals surface area contributed by atoms with E-state index in [0.29, 0.717) is 12.0 Å². The van der Waals surface area contributed by atoms with Gasteiger partial charge in [-0.3, -0.25) is 19.2 Å². The fourth-order valence-electron chi connectivity index (χ4n) is 3.10. The monoisotopic (exact) mass is 525 g/mol. The molecule has 0 radical (unpaired) electrons. The van der Waals surface area contributed by atoms with Gasteiger partial charge in [0.15, 0.2) is 0 Å². The first-order valence-electron chi connectivity index (χ1n) is 12.0. The summed E-state index contributed by atoms with van der Waals surface area (Å²) in [6.45, 7) is 2.17. The van der Waals surface area contributed by atoms with Crippen LogP contribution in [0.25, 0.3) is 0 Å². The molecular formula is C27H31N3O8. The number of amides is 3. The second kappa shape index (κ2) is 15.5. The van der Waals surface area contributed by atoms with Gasteiger partial charge in [0.2, 0.25) is 17.6 Å². The lowest BCUT2D eigenvalue weighted by Gasteiger charge is -2.23. The fraction of sp³-hybridized carbons (Fsp3) is 0.333. The van der Waals surface area contributed by atoms with Crippen molar-refractivity contribution in [2.75, 3.05) is 13.1 Å². The SMILES string of the molecule is CC[C@H](C)[C@H](NC(=O)OCc1ccccc1)C(=O)NCC(=O)NCC(=O)C(=O)C(=O)OCc1ccccc1. The van der Waals surface area contributed by atoms with Crippen LogP contribution in [0.5, 0.6) is 0 Å². The minimum atomic E-state index is -1.40. The number of carbonyl (C=O) groups excluding carboxylic acids is 6. The fourth-order valence-corrected chi connectivity index (χ4v) is 3.10. The first-order chi connectivity index (χ1) is 18.2. The number of benzene rings is 2. The summed E-state index contributed by atoms with van der Waals surface area (Å²) in [6.07, 6.45) is -0.234. The second-order valence-electron chi connectivity index (χ2n) is 8.38. The molecule has 0 aromatic heterocycles. The van der Waals surface area contributed by atoms with Gasteiger partial charge in [0.25, 0.3) is 0 Å². The van der Waals surface area contributed by atoms with Crippen LogP contribution in [0.4, 0.5) is 4.79 Å². The van der Waals surface area contributed by atoms with E-state index in [-0.39, 0.29) is 19.1 Å². The summed E-state index contributed by atoms with van der Waals surface area (Å²) < 4.78 is 9.97. The summed E-state index contributed by atoms with van der Waals surface area (Å²) in [5.74, 6) is -5.57. The molecule has 3 amide bonds. The lowest BCUT2D eigenvalue weighted by atomic mass is 9.98. The van der Waals surface area contributed by atoms with Crippen molar-refractivity contribution in [3.05, 3.63) is 71.8 Å². The van der Waals surface area contributed by atoms with E-state index >= 15 is 0 Å². The van der Waals surface area contributed by atoms with Gasteiger partial charge in [-0.2, -0.15) is 0 Å². The van der Waals surface area contributed by atoms with Crippen molar-refractivity contribution in [1.29, 1.82) is 0 Å². The molecule has 0 saturated heterocycles. The van der Waals surface area contributed by atoms with E-state index in [0.717, 1.165) is 5.56 Å². The van der Waals surface area contributed by atoms with Crippen LogP contribution in [0.3, 0.4) is 0 Å². The predicted octanol–water partition coefficient (Wildman–Crippen LogP) is 1.44. The molecule has 2 aromatic rings. The number of alkyl carbamates (subject to hydrolysis) is 1. The maximum Gasteiger partial charge on any atom is 0.408 e. The number of ether oxygens (including phenoxy) is 2. The molecule has 11 heteroatoms. The van der Waals surface area contributed by atoms with Crippen LogP contribution in [-0.4, -0.2) is 54.6 Å². The number of ketones is 2. The maximum atomic E-state index is 12.6. The van der Waals surface area contributed by atoms with Crippen LogP contribution >= 0.6 is 0 Å². The van der Waals surface area contributed by atoms with Crippen molar-refractivity contribution in [3.8, 4) is 0 Å². The summed E-state index contributed by atoms with van der Waals surface area (Å²) in [4.78, 5) is 72.6. The molecule has 0 heterocycles. The third-order valence-corrected chi connectivity index (χ3v) is 5.50. The van der Waals surface area contributed by atoms with Crippen LogP contribution in [0.15, 0.2) is 60.7 Å². The lowest BCUT2D eigenvalue weighted by molar-refractivity contribution is -0.157. The van der Waals surface area contributed by atoms with Gasteiger partial charge in [-0.05, 0) is 17.0 Å². The van der Waals surface area contributed by atoms with E-state index in [9.17, 15) is 28.8 Å². The number of Topliss-reactive ketones (excluding diaryl/α,β-unsaturated/α-hetero) is 2. The zero-order chi connectivity index (χ0) is 27.9. The van der Waals surface area contributed by atoms with Gasteiger partial charge in [0.1, 0.15) is 19.3 Å². The molecule has 202 valence electrons. The molecule has 0 aliphatic rings. The molecule has 0 unspecified atom stereocenters. The van der Waals surface area contributed by atoms with Crippen molar-refractivity contribution in [2.24, 2.45) is 5.92 Å². The van der Waals surface area contributed by atoms with Crippen LogP contribution in [0, 0.1) is 5.92 Å². The number of hydrogen-bond donors (Lipinski definition) is 3. The number of hydrogen-bond acceptors (Lipinski definition) is 8. The molecule has 0 aliphatic carbocycles. The highest BCUT2D eigenvalue weighted by Crippen LogP contribution is 2.09. The molecule has 38 heavy (non-hydrogen) atoms. The Bertz CT molecular complexity index is 1120. The predicted molar refractivity (Wildman–Crippen MR) is 135 cm³/mol. The average Bonchev–Trinajstić information content (AvgIpc) is 2.95. The Morgan fingerprint density at radius 3 is 1.87 bits per heavy atom. The minimum absolute atomic E-state index is 0.0243. The minimum Gasteiger partial charge on any atom is -0.455 e. The van der Waals surface area contributed by atoms with Crippen molar-refractivity contribution < 1.29 is 38.2 Å². The molecule has 11 nitrogen and oxygen atoms in total. The Kier molecular flexibility index (Phi) is 12.1. The largest absolute Gasteiger partial charge is 0.455 e. The molecule has 2 atom stereocenters. The summed E-state index contributed by atoms with van der Waals surface area (Å²) in [5.41, 5.74) is 1.42. The molecule has 2 aromatic carbocycles. The molecule has 2 rings (SSSR count). The van der Waals surface area contributed by atoms with Gasteiger partial charge >= 0.3 is 17.8 Å². The molecule has 0 spiro atoms. The van der Waals surface area contributed by atoms with Gasteiger partial charge in [0, 0.05) is 0 Å². The lowest BCUT2D eigenvalue weighted by Crippen LogP contribution is -2.52. The maximum absolute atomic E-state index is 12.6. The van der Waals surface area contributed by atoms with Gasteiger partial charge in [0.05, 0.1) is 13.1 Å². The number of nitrogens with one attached hydrogen (secondary N) is 3. The molecular weight excluding hydrogens is 494 g/mol. The summed E-state index contributed by atoms with van der Waals surface area (Å²) in [6, 6.07) is 16.6. The zero-order valence-corrected chi connectivity index (χ0v) is 21.2. The van der Waals surface area contributed by atoms with E-state index in [1.54, 1.807) is 61.5 Å². The Morgan fingerprint density at radius 1 is 0.763 bits per heavy atom. The highest BCUT2D eigenvalue weighted by Gasteiger charge is 2.28. The van der Waals surface area contributed by atoms with Crippen molar-refractivity contribution in [1.82, 2.24) is 16.0 Å². The van der Waals surface area contributed by atoms with Gasteiger partial charge in [-0.1, -0.05) is 80.9 Å². The van der Waals surface area contributed by atoms with Crippen LogP contribution < -0.4 is 16.0 Å². The molecule has 0 saturated carbocycles. The van der Waals surface area contributed by atoms with Crippen LogP contribution in [0.2, 0.25) is 0 Å². The Balaban J connectivity index is 1.75. The van der Waals surface area contributed by atoms with Crippen molar-refractivity contribution >= 4 is 35.4 Å². The Morgan fingerprint density at radius 2 is 1.32 bits per heavy atom. The van der Waals surface area contributed by atoms with E-state index < -0.39 is 54.6 Å². The normalized spacial score (nSPS) is 11.8. The van der Waals surface area contributed by atoms with Crippen molar-refractivity contribution in [3.63, 3.8) is 0 Å². The summed E-state index contributed by atoms with van der Waals surface area (Å²) in [7, 11) is 0. The van der Waals surface area contributed by atoms with Gasteiger partial charge in [-0.25, -0.2) is 9.59 Å². The average molecular weight is 526 g/mol. The van der Waals surface area contributed by atoms with E-state index in [4.69, 9.17) is 9.47 Å². The summed E-state index contributed by atoms with van der Waals surface area (Å²) >= 11 is 0. The summed E-state index contributed by atoms with van der Waals surface area (Å²) in [5, 5.41) is 7.05. The van der Waals surface area contributed by atoms with E-state index in [1.165, 1.54) is 0 Å². The molecule has 0 fully saturated rings. The number of carbonyl (C=O) groups is 6. The Hall–Kier alpha value is -4.54. The smallest absolute Gasteiger partial charge is 0.408 e. The second-order valence-corrected chi connectivity index (χ2v) is 8.38. The third kappa shape index (κ3) is 10.2. The highest BCUT2D eigenvalue weighted by atomic mass is 16.5. The zero-order valence-electron chi connectivity index (χ0n) is 21.2.